The van der Waals surface area contributed by atoms with Gasteiger partial charge in [0.15, 0.2) is 0 Å². The van der Waals surface area contributed by atoms with Crippen LogP contribution in [0.25, 0.3) is 32.9 Å². The van der Waals surface area contributed by atoms with Gasteiger partial charge in [0.05, 0.1) is 4.88 Å². The quantitative estimate of drug-likeness (QED) is 0.442. The molecule has 3 N–H and O–H groups in total. The Morgan fingerprint density at radius 1 is 1.04 bits per heavy atom. The molecule has 0 radical (unpaired) electrons. The molecular formula is C17H12N4OS. The summed E-state index contributed by atoms with van der Waals surface area (Å²) in [5.74, 6) is 1.12. The van der Waals surface area contributed by atoms with Crippen molar-refractivity contribution >= 4 is 27.3 Å². The van der Waals surface area contributed by atoms with Gasteiger partial charge in [0, 0.05) is 15.8 Å². The van der Waals surface area contributed by atoms with Crippen LogP contribution in [0, 0.1) is 5.41 Å². The standard InChI is InChI=1S/C17H12N4OS/c18-15(19)14-9-12-8-11(6-7-13(12)23-14)17-20-16(21-22-17)10-4-2-1-3-5-10/h1-9H,(H3,18,19). The molecule has 4 aromatic rings. The van der Waals surface area contributed by atoms with Gasteiger partial charge in [-0.25, -0.2) is 0 Å². The summed E-state index contributed by atoms with van der Waals surface area (Å²) in [6.45, 7) is 0. The Morgan fingerprint density at radius 2 is 1.87 bits per heavy atom. The molecule has 2 aromatic carbocycles. The second-order valence-electron chi connectivity index (χ2n) is 5.07. The highest BCUT2D eigenvalue weighted by atomic mass is 32.1. The number of benzene rings is 2. The Balaban J connectivity index is 1.74. The van der Waals surface area contributed by atoms with E-state index in [0.717, 1.165) is 26.1 Å². The van der Waals surface area contributed by atoms with Gasteiger partial charge in [0.1, 0.15) is 5.84 Å². The highest BCUT2D eigenvalue weighted by molar-refractivity contribution is 7.20. The third-order valence-electron chi connectivity index (χ3n) is 3.49. The van der Waals surface area contributed by atoms with Crippen molar-refractivity contribution in [1.29, 1.82) is 5.41 Å². The maximum Gasteiger partial charge on any atom is 0.258 e. The number of nitrogens with one attached hydrogen (secondary N) is 1. The molecule has 6 heteroatoms. The minimum Gasteiger partial charge on any atom is -0.383 e. The van der Waals surface area contributed by atoms with Crippen molar-refractivity contribution in [3.05, 3.63) is 59.5 Å². The topological polar surface area (TPSA) is 88.8 Å². The molecule has 0 bridgehead atoms. The molecule has 23 heavy (non-hydrogen) atoms. The molecular weight excluding hydrogens is 308 g/mol. The normalized spacial score (nSPS) is 11.0. The number of hydrogen-bond donors (Lipinski definition) is 2. The predicted octanol–water partition coefficient (Wildman–Crippen LogP) is 3.90. The van der Waals surface area contributed by atoms with Crippen LogP contribution in [0.4, 0.5) is 0 Å². The van der Waals surface area contributed by atoms with E-state index >= 15 is 0 Å². The molecule has 2 aromatic heterocycles. The van der Waals surface area contributed by atoms with Crippen LogP contribution in [0.3, 0.4) is 0 Å². The summed E-state index contributed by atoms with van der Waals surface area (Å²) in [6.07, 6.45) is 0. The molecule has 0 aliphatic heterocycles. The van der Waals surface area contributed by atoms with Crippen LogP contribution in [0.5, 0.6) is 0 Å². The van der Waals surface area contributed by atoms with Gasteiger partial charge in [-0.15, -0.1) is 11.3 Å². The lowest BCUT2D eigenvalue weighted by atomic mass is 10.1. The monoisotopic (exact) mass is 320 g/mol. The maximum atomic E-state index is 7.53. The lowest BCUT2D eigenvalue weighted by Crippen LogP contribution is -2.08. The lowest BCUT2D eigenvalue weighted by Gasteiger charge is -1.94. The summed E-state index contributed by atoms with van der Waals surface area (Å²) in [5, 5.41) is 12.6. The first kappa shape index (κ1) is 13.7. The molecule has 5 nitrogen and oxygen atoms in total. The van der Waals surface area contributed by atoms with Crippen molar-refractivity contribution in [1.82, 2.24) is 10.1 Å². The van der Waals surface area contributed by atoms with Crippen molar-refractivity contribution in [3.63, 3.8) is 0 Å². The number of thiophene rings is 1. The molecule has 0 saturated heterocycles. The van der Waals surface area contributed by atoms with Crippen molar-refractivity contribution < 1.29 is 4.52 Å². The fraction of sp³-hybridized carbons (Fsp3) is 0. The Bertz CT molecular complexity index is 1000. The van der Waals surface area contributed by atoms with E-state index in [2.05, 4.69) is 10.1 Å². The van der Waals surface area contributed by atoms with Gasteiger partial charge in [-0.2, -0.15) is 4.98 Å². The first-order chi connectivity index (χ1) is 11.2. The van der Waals surface area contributed by atoms with Gasteiger partial charge in [-0.05, 0) is 29.7 Å². The van der Waals surface area contributed by atoms with Gasteiger partial charge in [0.25, 0.3) is 5.89 Å². The summed E-state index contributed by atoms with van der Waals surface area (Å²) in [5.41, 5.74) is 7.31. The van der Waals surface area contributed by atoms with E-state index in [0.29, 0.717) is 11.7 Å². The average molecular weight is 320 g/mol. The Morgan fingerprint density at radius 3 is 2.65 bits per heavy atom. The number of hydrogen-bond acceptors (Lipinski definition) is 5. The minimum absolute atomic E-state index is 0.0805. The Labute approximate surface area is 135 Å². The number of nitrogens with two attached hydrogens (primary N) is 1. The maximum absolute atomic E-state index is 7.53. The van der Waals surface area contributed by atoms with Gasteiger partial charge >= 0.3 is 0 Å². The molecule has 0 aliphatic carbocycles. The highest BCUT2D eigenvalue weighted by Crippen LogP contribution is 2.30. The third kappa shape index (κ3) is 2.49. The Hall–Kier alpha value is -2.99. The number of amidine groups is 1. The van der Waals surface area contributed by atoms with Crippen molar-refractivity contribution in [2.45, 2.75) is 0 Å². The van der Waals surface area contributed by atoms with E-state index in [-0.39, 0.29) is 5.84 Å². The zero-order chi connectivity index (χ0) is 15.8. The fourth-order valence-electron chi connectivity index (χ4n) is 2.35. The smallest absolute Gasteiger partial charge is 0.258 e. The molecule has 0 saturated carbocycles. The minimum atomic E-state index is 0.0805. The molecule has 4 rings (SSSR count). The van der Waals surface area contributed by atoms with E-state index in [4.69, 9.17) is 15.7 Å². The van der Waals surface area contributed by atoms with E-state index in [1.54, 1.807) is 0 Å². The molecule has 2 heterocycles. The highest BCUT2D eigenvalue weighted by Gasteiger charge is 2.12. The van der Waals surface area contributed by atoms with Crippen molar-refractivity contribution in [2.24, 2.45) is 5.73 Å². The SMILES string of the molecule is N=C(N)c1cc2cc(-c3nc(-c4ccccc4)no3)ccc2s1. The largest absolute Gasteiger partial charge is 0.383 e. The van der Waals surface area contributed by atoms with Crippen LogP contribution in [0.15, 0.2) is 59.1 Å². The number of rotatable bonds is 3. The summed E-state index contributed by atoms with van der Waals surface area (Å²) in [4.78, 5) is 5.22. The van der Waals surface area contributed by atoms with Crippen LogP contribution in [0.2, 0.25) is 0 Å². The number of nitrogens with zero attached hydrogens (tertiary/aromatic N) is 2. The summed E-state index contributed by atoms with van der Waals surface area (Å²) >= 11 is 1.50. The second kappa shape index (κ2) is 5.33. The molecule has 0 unspecified atom stereocenters. The first-order valence-electron chi connectivity index (χ1n) is 6.98. The number of aromatic nitrogens is 2. The van der Waals surface area contributed by atoms with E-state index < -0.39 is 0 Å². The molecule has 0 aliphatic rings. The van der Waals surface area contributed by atoms with Crippen LogP contribution in [0.1, 0.15) is 4.88 Å². The van der Waals surface area contributed by atoms with E-state index in [9.17, 15) is 0 Å². The van der Waals surface area contributed by atoms with Crippen molar-refractivity contribution in [3.8, 4) is 22.8 Å². The fourth-order valence-corrected chi connectivity index (χ4v) is 3.26. The Kier molecular flexibility index (Phi) is 3.17. The summed E-state index contributed by atoms with van der Waals surface area (Å²) in [6, 6.07) is 17.5. The van der Waals surface area contributed by atoms with E-state index in [1.165, 1.54) is 11.3 Å². The van der Waals surface area contributed by atoms with Crippen LogP contribution < -0.4 is 5.73 Å². The van der Waals surface area contributed by atoms with Crippen LogP contribution in [-0.4, -0.2) is 16.0 Å². The lowest BCUT2D eigenvalue weighted by molar-refractivity contribution is 0.432. The number of fused-ring (bicyclic) bond motifs is 1. The van der Waals surface area contributed by atoms with Gasteiger partial charge in [0.2, 0.25) is 5.82 Å². The summed E-state index contributed by atoms with van der Waals surface area (Å²) < 4.78 is 6.45. The number of nitrogen functional groups attached to an aromatic ring is 1. The van der Waals surface area contributed by atoms with Gasteiger partial charge in [-0.1, -0.05) is 35.5 Å². The zero-order valence-electron chi connectivity index (χ0n) is 12.0. The first-order valence-corrected chi connectivity index (χ1v) is 7.80. The van der Waals surface area contributed by atoms with Gasteiger partial charge < -0.3 is 10.3 Å². The third-order valence-corrected chi connectivity index (χ3v) is 4.64. The molecule has 0 spiro atoms. The predicted molar refractivity (Wildman–Crippen MR) is 91.6 cm³/mol. The van der Waals surface area contributed by atoms with E-state index in [1.807, 2.05) is 54.6 Å². The average Bonchev–Trinajstić information content (AvgIpc) is 3.22. The van der Waals surface area contributed by atoms with Gasteiger partial charge in [-0.3, -0.25) is 5.41 Å². The molecule has 0 atom stereocenters. The van der Waals surface area contributed by atoms with Crippen molar-refractivity contribution in [2.75, 3.05) is 0 Å². The summed E-state index contributed by atoms with van der Waals surface area (Å²) in [7, 11) is 0. The molecule has 0 amide bonds. The van der Waals surface area contributed by atoms with Crippen LogP contribution in [-0.2, 0) is 0 Å². The zero-order valence-corrected chi connectivity index (χ0v) is 12.8. The molecule has 112 valence electrons. The molecule has 0 fully saturated rings. The second-order valence-corrected chi connectivity index (χ2v) is 6.15. The van der Waals surface area contributed by atoms with Crippen LogP contribution >= 0.6 is 11.3 Å².